The van der Waals surface area contributed by atoms with E-state index in [1.54, 1.807) is 19.1 Å². The molecule has 0 radical (unpaired) electrons. The maximum absolute atomic E-state index is 11.8. The average molecular weight is 211 g/mol. The van der Waals surface area contributed by atoms with Gasteiger partial charge in [0.15, 0.2) is 9.84 Å². The highest BCUT2D eigenvalue weighted by atomic mass is 32.2. The number of hydrogen-bond donors (Lipinski definition) is 1. The summed E-state index contributed by atoms with van der Waals surface area (Å²) in [6.45, 7) is 3.60. The number of fused-ring (bicyclic) bond motifs is 1. The van der Waals surface area contributed by atoms with Crippen molar-refractivity contribution in [3.05, 3.63) is 29.3 Å². The van der Waals surface area contributed by atoms with Gasteiger partial charge < -0.3 is 5.73 Å². The Labute approximate surface area is 83.9 Å². The Hall–Kier alpha value is -0.870. The molecule has 0 aliphatic carbocycles. The number of sulfone groups is 1. The lowest BCUT2D eigenvalue weighted by Gasteiger charge is -2.07. The predicted molar refractivity (Wildman–Crippen MR) is 54.8 cm³/mol. The third kappa shape index (κ3) is 1.11. The summed E-state index contributed by atoms with van der Waals surface area (Å²) in [5, 5.41) is -0.501. The van der Waals surface area contributed by atoms with E-state index in [9.17, 15) is 8.42 Å². The van der Waals surface area contributed by atoms with Crippen LogP contribution in [0.25, 0.3) is 0 Å². The van der Waals surface area contributed by atoms with E-state index in [0.29, 0.717) is 4.90 Å². The van der Waals surface area contributed by atoms with E-state index in [0.717, 1.165) is 11.1 Å². The molecule has 76 valence electrons. The molecule has 1 aliphatic heterocycles. The van der Waals surface area contributed by atoms with Gasteiger partial charge in [0, 0.05) is 6.04 Å². The van der Waals surface area contributed by atoms with Crippen LogP contribution in [0.5, 0.6) is 0 Å². The van der Waals surface area contributed by atoms with Crippen LogP contribution in [0.2, 0.25) is 0 Å². The van der Waals surface area contributed by atoms with Gasteiger partial charge in [-0.25, -0.2) is 8.42 Å². The molecule has 0 bridgehead atoms. The van der Waals surface area contributed by atoms with Gasteiger partial charge in [0.2, 0.25) is 0 Å². The lowest BCUT2D eigenvalue weighted by atomic mass is 10.0. The normalized spacial score (nSPS) is 28.8. The maximum atomic E-state index is 11.8. The summed E-state index contributed by atoms with van der Waals surface area (Å²) in [6, 6.07) is 4.95. The van der Waals surface area contributed by atoms with Crippen molar-refractivity contribution in [2.45, 2.75) is 30.0 Å². The highest BCUT2D eigenvalue weighted by molar-refractivity contribution is 7.92. The monoisotopic (exact) mass is 211 g/mol. The highest BCUT2D eigenvalue weighted by Crippen LogP contribution is 2.37. The minimum Gasteiger partial charge on any atom is -0.323 e. The number of hydrogen-bond acceptors (Lipinski definition) is 3. The Kier molecular flexibility index (Phi) is 1.94. The topological polar surface area (TPSA) is 60.2 Å². The fraction of sp³-hybridized carbons (Fsp3) is 0.400. The van der Waals surface area contributed by atoms with Crippen LogP contribution in [-0.2, 0) is 9.84 Å². The number of nitrogens with two attached hydrogens (primary N) is 1. The summed E-state index contributed by atoms with van der Waals surface area (Å²) in [6.07, 6.45) is 0. The highest BCUT2D eigenvalue weighted by Gasteiger charge is 2.39. The molecule has 1 aromatic rings. The first-order chi connectivity index (χ1) is 6.44. The smallest absolute Gasteiger partial charge is 0.183 e. The lowest BCUT2D eigenvalue weighted by Crippen LogP contribution is -2.23. The van der Waals surface area contributed by atoms with Crippen LogP contribution in [0, 0.1) is 6.92 Å². The van der Waals surface area contributed by atoms with Gasteiger partial charge in [-0.2, -0.15) is 0 Å². The van der Waals surface area contributed by atoms with Gasteiger partial charge in [-0.1, -0.05) is 17.7 Å². The Morgan fingerprint density at radius 1 is 1.36 bits per heavy atom. The second kappa shape index (κ2) is 2.81. The third-order valence-corrected chi connectivity index (χ3v) is 5.08. The van der Waals surface area contributed by atoms with Crippen LogP contribution in [0.1, 0.15) is 24.1 Å². The largest absolute Gasteiger partial charge is 0.323 e. The van der Waals surface area contributed by atoms with Gasteiger partial charge in [0.1, 0.15) is 0 Å². The fourth-order valence-electron chi connectivity index (χ4n) is 1.83. The van der Waals surface area contributed by atoms with Gasteiger partial charge in [-0.15, -0.1) is 0 Å². The summed E-state index contributed by atoms with van der Waals surface area (Å²) >= 11 is 0. The lowest BCUT2D eigenvalue weighted by molar-refractivity contribution is 0.581. The van der Waals surface area contributed by atoms with Crippen LogP contribution in [0.15, 0.2) is 23.1 Å². The van der Waals surface area contributed by atoms with Crippen molar-refractivity contribution >= 4 is 9.84 Å². The van der Waals surface area contributed by atoms with E-state index >= 15 is 0 Å². The van der Waals surface area contributed by atoms with Crippen LogP contribution in [0.4, 0.5) is 0 Å². The van der Waals surface area contributed by atoms with E-state index in [1.807, 2.05) is 13.0 Å². The molecule has 2 atom stereocenters. The van der Waals surface area contributed by atoms with E-state index in [-0.39, 0.29) is 6.04 Å². The summed E-state index contributed by atoms with van der Waals surface area (Å²) in [5.74, 6) is 0. The van der Waals surface area contributed by atoms with Crippen LogP contribution < -0.4 is 5.73 Å². The Balaban J connectivity index is 2.75. The first kappa shape index (κ1) is 9.68. The van der Waals surface area contributed by atoms with Gasteiger partial charge in [0.05, 0.1) is 10.1 Å². The second-order valence-corrected chi connectivity index (χ2v) is 6.09. The number of benzene rings is 1. The minimum atomic E-state index is -3.18. The van der Waals surface area contributed by atoms with Gasteiger partial charge in [0.25, 0.3) is 0 Å². The van der Waals surface area contributed by atoms with Crippen LogP contribution in [0.3, 0.4) is 0 Å². The molecule has 2 rings (SSSR count). The predicted octanol–water partition coefficient (Wildman–Crippen LogP) is 1.17. The zero-order chi connectivity index (χ0) is 10.5. The Morgan fingerprint density at radius 2 is 2.00 bits per heavy atom. The van der Waals surface area contributed by atoms with Crippen molar-refractivity contribution in [2.24, 2.45) is 5.73 Å². The Morgan fingerprint density at radius 3 is 2.64 bits per heavy atom. The molecule has 0 saturated carbocycles. The summed E-state index contributed by atoms with van der Waals surface area (Å²) < 4.78 is 23.7. The Bertz CT molecular complexity index is 479. The maximum Gasteiger partial charge on any atom is 0.183 e. The molecule has 1 aliphatic rings. The zero-order valence-corrected chi connectivity index (χ0v) is 9.01. The molecule has 0 fully saturated rings. The molecule has 4 heteroatoms. The molecule has 2 N–H and O–H groups in total. The molecule has 3 nitrogen and oxygen atoms in total. The summed E-state index contributed by atoms with van der Waals surface area (Å²) in [5.41, 5.74) is 7.66. The molecule has 1 aromatic carbocycles. The minimum absolute atomic E-state index is 0.380. The van der Waals surface area contributed by atoms with E-state index in [1.165, 1.54) is 0 Å². The van der Waals surface area contributed by atoms with Gasteiger partial charge >= 0.3 is 0 Å². The van der Waals surface area contributed by atoms with Crippen molar-refractivity contribution in [1.29, 1.82) is 0 Å². The molecule has 0 amide bonds. The SMILES string of the molecule is Cc1ccc2c(c1)C(N)C(C)S2(=O)=O. The van der Waals surface area contributed by atoms with Gasteiger partial charge in [-0.05, 0) is 25.5 Å². The van der Waals surface area contributed by atoms with Crippen molar-refractivity contribution in [2.75, 3.05) is 0 Å². The van der Waals surface area contributed by atoms with Gasteiger partial charge in [-0.3, -0.25) is 0 Å². The third-order valence-electron chi connectivity index (χ3n) is 2.83. The van der Waals surface area contributed by atoms with Crippen molar-refractivity contribution < 1.29 is 8.42 Å². The molecular formula is C10H13NO2S. The average Bonchev–Trinajstić information content (AvgIpc) is 2.28. The summed E-state index contributed by atoms with van der Waals surface area (Å²) in [4.78, 5) is 0.406. The molecule has 0 aromatic heterocycles. The van der Waals surface area contributed by atoms with Crippen molar-refractivity contribution in [1.82, 2.24) is 0 Å². The zero-order valence-electron chi connectivity index (χ0n) is 8.19. The molecule has 2 unspecified atom stereocenters. The molecule has 14 heavy (non-hydrogen) atoms. The van der Waals surface area contributed by atoms with Crippen LogP contribution in [-0.4, -0.2) is 13.7 Å². The first-order valence-corrected chi connectivity index (χ1v) is 6.09. The number of aryl methyl sites for hydroxylation is 1. The fourth-order valence-corrected chi connectivity index (χ4v) is 3.55. The molecule has 0 spiro atoms. The standard InChI is InChI=1S/C10H13NO2S/c1-6-3-4-9-8(5-6)10(11)7(2)14(9,12)13/h3-5,7,10H,11H2,1-2H3. The van der Waals surface area contributed by atoms with Crippen LogP contribution >= 0.6 is 0 Å². The molecule has 1 heterocycles. The van der Waals surface area contributed by atoms with Crippen molar-refractivity contribution in [3.8, 4) is 0 Å². The molecule has 0 saturated heterocycles. The second-order valence-electron chi connectivity index (χ2n) is 3.82. The van der Waals surface area contributed by atoms with E-state index in [4.69, 9.17) is 5.73 Å². The quantitative estimate of drug-likeness (QED) is 0.700. The molecular weight excluding hydrogens is 198 g/mol. The summed E-state index contributed by atoms with van der Waals surface area (Å²) in [7, 11) is -3.18. The van der Waals surface area contributed by atoms with E-state index in [2.05, 4.69) is 0 Å². The van der Waals surface area contributed by atoms with Crippen molar-refractivity contribution in [3.63, 3.8) is 0 Å². The van der Waals surface area contributed by atoms with E-state index < -0.39 is 15.1 Å². The number of rotatable bonds is 0. The first-order valence-electron chi connectivity index (χ1n) is 4.54.